The highest BCUT2D eigenvalue weighted by Gasteiger charge is 2.34. The van der Waals surface area contributed by atoms with Gasteiger partial charge in [0.15, 0.2) is 11.7 Å². The first kappa shape index (κ1) is 17.0. The smallest absolute Gasteiger partial charge is 0.325 e. The van der Waals surface area contributed by atoms with Crippen LogP contribution in [0.25, 0.3) is 0 Å². The van der Waals surface area contributed by atoms with Crippen LogP contribution in [-0.4, -0.2) is 11.7 Å². The molecule has 0 spiro atoms. The van der Waals surface area contributed by atoms with E-state index >= 15 is 0 Å². The maximum absolute atomic E-state index is 12.5. The van der Waals surface area contributed by atoms with Crippen LogP contribution in [0.2, 0.25) is 0 Å². The van der Waals surface area contributed by atoms with Gasteiger partial charge in [-0.1, -0.05) is 12.8 Å². The summed E-state index contributed by atoms with van der Waals surface area (Å²) in [5.74, 6) is -2.92. The van der Waals surface area contributed by atoms with Gasteiger partial charge in [-0.2, -0.15) is 18.4 Å². The standard InChI is InChI=1S/C16H15F3N2O2/c17-16(18,19)11-5-7-12(8-6-11)21-15(23)13(9-20)14(22)10-3-1-2-4-10/h5-8,10,13H,1-4H2,(H,21,23). The summed E-state index contributed by atoms with van der Waals surface area (Å²) in [4.78, 5) is 24.2. The molecule has 2 rings (SSSR count). The Kier molecular flexibility index (Phi) is 5.04. The molecule has 1 atom stereocenters. The lowest BCUT2D eigenvalue weighted by Crippen LogP contribution is -2.32. The van der Waals surface area contributed by atoms with Gasteiger partial charge in [0.2, 0.25) is 5.91 Å². The maximum Gasteiger partial charge on any atom is 0.416 e. The first-order valence-electron chi connectivity index (χ1n) is 7.24. The number of halogens is 3. The topological polar surface area (TPSA) is 70.0 Å². The predicted molar refractivity (Wildman–Crippen MR) is 76.1 cm³/mol. The minimum atomic E-state index is -4.46. The van der Waals surface area contributed by atoms with Crippen molar-refractivity contribution in [3.8, 4) is 6.07 Å². The molecule has 4 nitrogen and oxygen atoms in total. The molecule has 0 bridgehead atoms. The van der Waals surface area contributed by atoms with Gasteiger partial charge in [0.05, 0.1) is 11.6 Å². The Morgan fingerprint density at radius 2 is 1.74 bits per heavy atom. The van der Waals surface area contributed by atoms with E-state index in [0.717, 1.165) is 37.1 Å². The number of ketones is 1. The summed E-state index contributed by atoms with van der Waals surface area (Å²) in [5, 5.41) is 11.4. The van der Waals surface area contributed by atoms with Gasteiger partial charge in [-0.3, -0.25) is 9.59 Å². The minimum absolute atomic E-state index is 0.113. The molecular formula is C16H15F3N2O2. The second kappa shape index (κ2) is 6.82. The average molecular weight is 324 g/mol. The van der Waals surface area contributed by atoms with Crippen molar-refractivity contribution < 1.29 is 22.8 Å². The van der Waals surface area contributed by atoms with Crippen LogP contribution in [-0.2, 0) is 15.8 Å². The summed E-state index contributed by atoms with van der Waals surface area (Å²) >= 11 is 0. The summed E-state index contributed by atoms with van der Waals surface area (Å²) in [7, 11) is 0. The number of nitriles is 1. The molecule has 1 saturated carbocycles. The van der Waals surface area contributed by atoms with Crippen LogP contribution in [0, 0.1) is 23.2 Å². The number of anilines is 1. The van der Waals surface area contributed by atoms with Crippen LogP contribution in [0.1, 0.15) is 31.2 Å². The van der Waals surface area contributed by atoms with E-state index in [4.69, 9.17) is 5.26 Å². The zero-order chi connectivity index (χ0) is 17.0. The lowest BCUT2D eigenvalue weighted by Gasteiger charge is -2.14. The number of carbonyl (C=O) groups is 2. The number of hydrogen-bond acceptors (Lipinski definition) is 3. The summed E-state index contributed by atoms with van der Waals surface area (Å²) in [6.45, 7) is 0. The molecule has 0 aliphatic heterocycles. The number of hydrogen-bond donors (Lipinski definition) is 1. The van der Waals surface area contributed by atoms with Crippen molar-refractivity contribution in [2.24, 2.45) is 11.8 Å². The van der Waals surface area contributed by atoms with Gasteiger partial charge in [-0.05, 0) is 37.1 Å². The molecule has 1 aromatic rings. The van der Waals surface area contributed by atoms with Gasteiger partial charge in [0.25, 0.3) is 0 Å². The quantitative estimate of drug-likeness (QED) is 0.861. The average Bonchev–Trinajstić information content (AvgIpc) is 3.01. The molecule has 1 unspecified atom stereocenters. The third kappa shape index (κ3) is 4.09. The number of nitrogens with zero attached hydrogens (tertiary/aromatic N) is 1. The molecule has 1 aliphatic carbocycles. The van der Waals surface area contributed by atoms with E-state index in [2.05, 4.69) is 5.32 Å². The number of Topliss-reactive ketones (excluding diaryl/α,β-unsaturated/α-hetero) is 1. The SMILES string of the molecule is N#CC(C(=O)Nc1ccc(C(F)(F)F)cc1)C(=O)C1CCCC1. The molecule has 1 N–H and O–H groups in total. The lowest BCUT2D eigenvalue weighted by molar-refractivity contribution is -0.137. The van der Waals surface area contributed by atoms with Gasteiger partial charge >= 0.3 is 6.18 Å². The zero-order valence-corrected chi connectivity index (χ0v) is 12.2. The van der Waals surface area contributed by atoms with Crippen LogP contribution in [0.4, 0.5) is 18.9 Å². The molecule has 1 aromatic carbocycles. The van der Waals surface area contributed by atoms with E-state index in [1.165, 1.54) is 0 Å². The van der Waals surface area contributed by atoms with E-state index < -0.39 is 29.3 Å². The predicted octanol–water partition coefficient (Wildman–Crippen LogP) is 3.54. The molecule has 1 aliphatic rings. The molecule has 23 heavy (non-hydrogen) atoms. The van der Waals surface area contributed by atoms with Crippen LogP contribution in [0.5, 0.6) is 0 Å². The highest BCUT2D eigenvalue weighted by Crippen LogP contribution is 2.30. The lowest BCUT2D eigenvalue weighted by atomic mass is 9.92. The van der Waals surface area contributed by atoms with E-state index in [-0.39, 0.29) is 11.6 Å². The Morgan fingerprint density at radius 1 is 1.17 bits per heavy atom. The normalized spacial score (nSPS) is 16.6. The molecule has 1 fully saturated rings. The maximum atomic E-state index is 12.5. The third-order valence-corrected chi connectivity index (χ3v) is 3.91. The van der Waals surface area contributed by atoms with E-state index in [1.54, 1.807) is 6.07 Å². The Balaban J connectivity index is 2.05. The Hall–Kier alpha value is -2.36. The van der Waals surface area contributed by atoms with Crippen molar-refractivity contribution in [1.82, 2.24) is 0 Å². The van der Waals surface area contributed by atoms with Crippen molar-refractivity contribution in [1.29, 1.82) is 5.26 Å². The minimum Gasteiger partial charge on any atom is -0.325 e. The summed E-state index contributed by atoms with van der Waals surface area (Å²) < 4.78 is 37.4. The van der Waals surface area contributed by atoms with Crippen LogP contribution in [0.3, 0.4) is 0 Å². The largest absolute Gasteiger partial charge is 0.416 e. The highest BCUT2D eigenvalue weighted by atomic mass is 19.4. The number of nitrogens with one attached hydrogen (secondary N) is 1. The number of benzene rings is 1. The number of carbonyl (C=O) groups excluding carboxylic acids is 2. The molecule has 0 saturated heterocycles. The second-order valence-corrected chi connectivity index (χ2v) is 5.51. The van der Waals surface area contributed by atoms with E-state index in [9.17, 15) is 22.8 Å². The van der Waals surface area contributed by atoms with Crippen molar-refractivity contribution in [3.05, 3.63) is 29.8 Å². The Labute approximate surface area is 131 Å². The van der Waals surface area contributed by atoms with Crippen molar-refractivity contribution >= 4 is 17.4 Å². The highest BCUT2D eigenvalue weighted by molar-refractivity contribution is 6.10. The summed E-state index contributed by atoms with van der Waals surface area (Å²) in [6, 6.07) is 5.54. The fraction of sp³-hybridized carbons (Fsp3) is 0.438. The van der Waals surface area contributed by atoms with E-state index in [1.807, 2.05) is 0 Å². The number of amides is 1. The molecule has 0 aromatic heterocycles. The van der Waals surface area contributed by atoms with Crippen LogP contribution >= 0.6 is 0 Å². The fourth-order valence-electron chi connectivity index (χ4n) is 2.65. The monoisotopic (exact) mass is 324 g/mol. The number of rotatable bonds is 4. The molecule has 1 amide bonds. The Bertz CT molecular complexity index is 626. The zero-order valence-electron chi connectivity index (χ0n) is 12.2. The number of alkyl halides is 3. The van der Waals surface area contributed by atoms with Gasteiger partial charge in [-0.15, -0.1) is 0 Å². The van der Waals surface area contributed by atoms with E-state index in [0.29, 0.717) is 12.8 Å². The molecule has 0 heterocycles. The first-order valence-corrected chi connectivity index (χ1v) is 7.24. The summed E-state index contributed by atoms with van der Waals surface area (Å²) in [5.41, 5.74) is -0.725. The van der Waals surface area contributed by atoms with Crippen molar-refractivity contribution in [3.63, 3.8) is 0 Å². The first-order chi connectivity index (χ1) is 10.8. The Morgan fingerprint density at radius 3 is 2.22 bits per heavy atom. The van der Waals surface area contributed by atoms with Crippen molar-refractivity contribution in [2.75, 3.05) is 5.32 Å². The van der Waals surface area contributed by atoms with Crippen molar-refractivity contribution in [2.45, 2.75) is 31.9 Å². The van der Waals surface area contributed by atoms with Gasteiger partial charge < -0.3 is 5.32 Å². The van der Waals surface area contributed by atoms with Gasteiger partial charge in [0.1, 0.15) is 0 Å². The summed E-state index contributed by atoms with van der Waals surface area (Å²) in [6.07, 6.45) is -1.32. The molecular weight excluding hydrogens is 309 g/mol. The molecule has 122 valence electrons. The molecule has 7 heteroatoms. The van der Waals surface area contributed by atoms with Gasteiger partial charge in [-0.25, -0.2) is 0 Å². The second-order valence-electron chi connectivity index (χ2n) is 5.51. The molecule has 0 radical (unpaired) electrons. The van der Waals surface area contributed by atoms with Crippen LogP contribution in [0.15, 0.2) is 24.3 Å². The fourth-order valence-corrected chi connectivity index (χ4v) is 2.65. The third-order valence-electron chi connectivity index (χ3n) is 3.91. The van der Waals surface area contributed by atoms with Gasteiger partial charge in [0, 0.05) is 11.6 Å². The van der Waals surface area contributed by atoms with Crippen LogP contribution < -0.4 is 5.32 Å².